The molecule has 2 aliphatic rings. The lowest BCUT2D eigenvalue weighted by Crippen LogP contribution is -2.28. The van der Waals surface area contributed by atoms with Crippen molar-refractivity contribution in [3.05, 3.63) is 22.7 Å². The maximum Gasteiger partial charge on any atom is 0.170 e. The van der Waals surface area contributed by atoms with Gasteiger partial charge in [0, 0.05) is 31.7 Å². The van der Waals surface area contributed by atoms with Gasteiger partial charge in [0.1, 0.15) is 5.75 Å². The summed E-state index contributed by atoms with van der Waals surface area (Å²) in [4.78, 5) is 11.8. The van der Waals surface area contributed by atoms with Crippen LogP contribution in [-0.4, -0.2) is 31.6 Å². The van der Waals surface area contributed by atoms with Gasteiger partial charge in [0.05, 0.1) is 22.9 Å². The number of fused-ring (bicyclic) bond motifs is 1. The monoisotopic (exact) mass is 281 g/mol. The number of hydrogen-bond acceptors (Lipinski definition) is 4. The van der Waals surface area contributed by atoms with Crippen molar-refractivity contribution in [3.8, 4) is 5.75 Å². The van der Waals surface area contributed by atoms with E-state index in [1.165, 1.54) is 0 Å². The fourth-order valence-electron chi connectivity index (χ4n) is 2.45. The summed E-state index contributed by atoms with van der Waals surface area (Å²) < 4.78 is 10.9. The van der Waals surface area contributed by atoms with Gasteiger partial charge in [0.2, 0.25) is 0 Å². The Morgan fingerprint density at radius 1 is 1.21 bits per heavy atom. The summed E-state index contributed by atoms with van der Waals surface area (Å²) in [6, 6.07) is 3.91. The van der Waals surface area contributed by atoms with E-state index in [1.54, 1.807) is 6.07 Å². The van der Waals surface area contributed by atoms with Crippen molar-refractivity contribution in [1.29, 1.82) is 0 Å². The topological polar surface area (TPSA) is 47.6 Å². The fourth-order valence-corrected chi connectivity index (χ4v) is 2.67. The molecule has 4 nitrogen and oxygen atoms in total. The van der Waals surface area contributed by atoms with E-state index in [9.17, 15) is 4.79 Å². The van der Waals surface area contributed by atoms with Crippen LogP contribution in [0.1, 0.15) is 29.6 Å². The summed E-state index contributed by atoms with van der Waals surface area (Å²) >= 11 is 6.24. The third kappa shape index (κ3) is 2.69. The number of benzene rings is 1. The molecule has 1 aromatic rings. The molecule has 0 bridgehead atoms. The second-order valence-corrected chi connectivity index (χ2v) is 5.29. The number of ether oxygens (including phenoxy) is 2. The molecule has 0 amide bonds. The van der Waals surface area contributed by atoms with E-state index in [0.717, 1.165) is 31.7 Å². The average molecular weight is 282 g/mol. The van der Waals surface area contributed by atoms with Gasteiger partial charge in [-0.05, 0) is 18.9 Å². The molecule has 0 aliphatic carbocycles. The second-order valence-electron chi connectivity index (χ2n) is 4.88. The average Bonchev–Trinajstić information content (AvgIpc) is 2.42. The zero-order chi connectivity index (χ0) is 13.2. The Bertz CT molecular complexity index is 498. The molecule has 0 spiro atoms. The standard InChI is InChI=1S/C14H16ClNO3/c15-11-7-10-13(17)3-6-19-14(10)8-12(11)16-9-1-4-18-5-2-9/h7-9,16H,1-6H2. The third-order valence-corrected chi connectivity index (χ3v) is 3.85. The lowest BCUT2D eigenvalue weighted by Gasteiger charge is -2.26. The van der Waals surface area contributed by atoms with Crippen molar-refractivity contribution in [1.82, 2.24) is 0 Å². The number of halogens is 1. The highest BCUT2D eigenvalue weighted by molar-refractivity contribution is 6.33. The van der Waals surface area contributed by atoms with Gasteiger partial charge in [-0.25, -0.2) is 0 Å². The van der Waals surface area contributed by atoms with Crippen LogP contribution in [0, 0.1) is 0 Å². The maximum absolute atomic E-state index is 11.8. The van der Waals surface area contributed by atoms with E-state index in [0.29, 0.717) is 35.4 Å². The van der Waals surface area contributed by atoms with Gasteiger partial charge < -0.3 is 14.8 Å². The van der Waals surface area contributed by atoms with Crippen molar-refractivity contribution < 1.29 is 14.3 Å². The minimum atomic E-state index is 0.0979. The fraction of sp³-hybridized carbons (Fsp3) is 0.500. The Kier molecular flexibility index (Phi) is 3.62. The first-order valence-electron chi connectivity index (χ1n) is 6.58. The summed E-state index contributed by atoms with van der Waals surface area (Å²) in [7, 11) is 0. The van der Waals surface area contributed by atoms with Crippen LogP contribution >= 0.6 is 11.6 Å². The van der Waals surface area contributed by atoms with Crippen LogP contribution in [0.4, 0.5) is 5.69 Å². The molecule has 0 saturated carbocycles. The summed E-state index contributed by atoms with van der Waals surface area (Å²) in [6.45, 7) is 1.99. The molecule has 2 aliphatic heterocycles. The lowest BCUT2D eigenvalue weighted by molar-refractivity contribution is 0.0904. The third-order valence-electron chi connectivity index (χ3n) is 3.54. The molecule has 0 atom stereocenters. The largest absolute Gasteiger partial charge is 0.492 e. The Labute approximate surface area is 117 Å². The normalized spacial score (nSPS) is 19.7. The van der Waals surface area contributed by atoms with Crippen molar-refractivity contribution in [2.75, 3.05) is 25.1 Å². The Morgan fingerprint density at radius 3 is 2.79 bits per heavy atom. The molecule has 0 unspecified atom stereocenters. The first kappa shape index (κ1) is 12.8. The van der Waals surface area contributed by atoms with Crippen LogP contribution < -0.4 is 10.1 Å². The summed E-state index contributed by atoms with van der Waals surface area (Å²) in [5, 5.41) is 3.98. The van der Waals surface area contributed by atoms with E-state index < -0.39 is 0 Å². The van der Waals surface area contributed by atoms with E-state index in [-0.39, 0.29) is 5.78 Å². The minimum absolute atomic E-state index is 0.0979. The van der Waals surface area contributed by atoms with Gasteiger partial charge >= 0.3 is 0 Å². The number of rotatable bonds is 2. The molecule has 1 aromatic carbocycles. The Morgan fingerprint density at radius 2 is 2.00 bits per heavy atom. The number of anilines is 1. The van der Waals surface area contributed by atoms with Gasteiger partial charge in [-0.15, -0.1) is 0 Å². The second kappa shape index (κ2) is 5.39. The highest BCUT2D eigenvalue weighted by Crippen LogP contribution is 2.34. The molecule has 3 rings (SSSR count). The van der Waals surface area contributed by atoms with Crippen LogP contribution in [-0.2, 0) is 4.74 Å². The van der Waals surface area contributed by atoms with E-state index in [1.807, 2.05) is 6.07 Å². The summed E-state index contributed by atoms with van der Waals surface area (Å²) in [6.07, 6.45) is 2.36. The smallest absolute Gasteiger partial charge is 0.170 e. The van der Waals surface area contributed by atoms with Gasteiger partial charge in [-0.1, -0.05) is 11.6 Å². The quantitative estimate of drug-likeness (QED) is 0.905. The molecule has 5 heteroatoms. The minimum Gasteiger partial charge on any atom is -0.492 e. The number of carbonyl (C=O) groups is 1. The molecular formula is C14H16ClNO3. The van der Waals surface area contributed by atoms with Gasteiger partial charge in [-0.2, -0.15) is 0 Å². The first-order valence-corrected chi connectivity index (χ1v) is 6.95. The van der Waals surface area contributed by atoms with Crippen molar-refractivity contribution in [2.45, 2.75) is 25.3 Å². The zero-order valence-corrected chi connectivity index (χ0v) is 11.3. The van der Waals surface area contributed by atoms with Crippen LogP contribution in [0.3, 0.4) is 0 Å². The molecule has 0 radical (unpaired) electrons. The number of Topliss-reactive ketones (excluding diaryl/α,β-unsaturated/α-hetero) is 1. The first-order chi connectivity index (χ1) is 9.24. The summed E-state index contributed by atoms with van der Waals surface area (Å²) in [5.41, 5.74) is 1.43. The van der Waals surface area contributed by atoms with Crippen molar-refractivity contribution in [3.63, 3.8) is 0 Å². The Hall–Kier alpha value is -1.26. The highest BCUT2D eigenvalue weighted by Gasteiger charge is 2.22. The SMILES string of the molecule is O=C1CCOc2cc(NC3CCOCC3)c(Cl)cc21. The number of ketones is 1. The van der Waals surface area contributed by atoms with Crippen molar-refractivity contribution in [2.24, 2.45) is 0 Å². The van der Waals surface area contributed by atoms with Crippen LogP contribution in [0.25, 0.3) is 0 Å². The summed E-state index contributed by atoms with van der Waals surface area (Å²) in [5.74, 6) is 0.732. The number of nitrogens with one attached hydrogen (secondary N) is 1. The van der Waals surface area contributed by atoms with Crippen LogP contribution in [0.2, 0.25) is 5.02 Å². The van der Waals surface area contributed by atoms with Crippen molar-refractivity contribution >= 4 is 23.1 Å². The van der Waals surface area contributed by atoms with Crippen LogP contribution in [0.5, 0.6) is 5.75 Å². The molecule has 0 aromatic heterocycles. The Balaban J connectivity index is 1.83. The van der Waals surface area contributed by atoms with E-state index in [4.69, 9.17) is 21.1 Å². The lowest BCUT2D eigenvalue weighted by atomic mass is 10.0. The van der Waals surface area contributed by atoms with E-state index in [2.05, 4.69) is 5.32 Å². The van der Waals surface area contributed by atoms with Crippen LogP contribution in [0.15, 0.2) is 12.1 Å². The van der Waals surface area contributed by atoms with Gasteiger partial charge in [0.25, 0.3) is 0 Å². The number of carbonyl (C=O) groups excluding carboxylic acids is 1. The molecule has 19 heavy (non-hydrogen) atoms. The van der Waals surface area contributed by atoms with Gasteiger partial charge in [-0.3, -0.25) is 4.79 Å². The molecule has 1 N–H and O–H groups in total. The highest BCUT2D eigenvalue weighted by atomic mass is 35.5. The molecule has 102 valence electrons. The molecular weight excluding hydrogens is 266 g/mol. The van der Waals surface area contributed by atoms with Gasteiger partial charge in [0.15, 0.2) is 5.78 Å². The maximum atomic E-state index is 11.8. The molecule has 1 fully saturated rings. The molecule has 2 heterocycles. The van der Waals surface area contributed by atoms with E-state index >= 15 is 0 Å². The zero-order valence-electron chi connectivity index (χ0n) is 10.6. The number of hydrogen-bond donors (Lipinski definition) is 1. The molecule has 1 saturated heterocycles. The predicted octanol–water partition coefficient (Wildman–Crippen LogP) is 2.90. The predicted molar refractivity (Wildman–Crippen MR) is 73.4 cm³/mol.